The summed E-state index contributed by atoms with van der Waals surface area (Å²) in [6.45, 7) is 3.75. The van der Waals surface area contributed by atoms with Crippen molar-refractivity contribution in [2.45, 2.75) is 25.3 Å². The minimum absolute atomic E-state index is 0.523. The van der Waals surface area contributed by atoms with Crippen LogP contribution in [0.1, 0.15) is 18.5 Å². The Morgan fingerprint density at radius 3 is 3.00 bits per heavy atom. The first-order chi connectivity index (χ1) is 6.86. The molecule has 1 aromatic heterocycles. The van der Waals surface area contributed by atoms with Crippen LogP contribution < -0.4 is 5.32 Å². The minimum atomic E-state index is 0.523. The molecule has 0 saturated carbocycles. The highest BCUT2D eigenvalue weighted by Gasteiger charge is 2.03. The number of aryl methyl sites for hydroxylation is 1. The average molecular weight is 190 g/mol. The third-order valence-corrected chi connectivity index (χ3v) is 2.33. The largest absolute Gasteiger partial charge is 0.317 e. The van der Waals surface area contributed by atoms with Gasteiger partial charge in [0.1, 0.15) is 0 Å². The molecule has 0 radical (unpaired) electrons. The van der Waals surface area contributed by atoms with Gasteiger partial charge < -0.3 is 5.32 Å². The van der Waals surface area contributed by atoms with Crippen molar-refractivity contribution in [3.8, 4) is 0 Å². The third-order valence-electron chi connectivity index (χ3n) is 2.33. The highest BCUT2D eigenvalue weighted by molar-refractivity contribution is 5.03. The van der Waals surface area contributed by atoms with Crippen LogP contribution >= 0.6 is 0 Å². The van der Waals surface area contributed by atoms with Crippen LogP contribution in [0.15, 0.2) is 37.1 Å². The van der Waals surface area contributed by atoms with E-state index in [9.17, 15) is 0 Å². The molecule has 0 spiro atoms. The van der Waals surface area contributed by atoms with Crippen LogP contribution in [0, 0.1) is 0 Å². The van der Waals surface area contributed by atoms with Crippen molar-refractivity contribution in [1.29, 1.82) is 0 Å². The van der Waals surface area contributed by atoms with E-state index in [0.29, 0.717) is 6.04 Å². The Labute approximate surface area is 86.1 Å². The smallest absolute Gasteiger partial charge is 0.0404 e. The standard InChI is InChI=1S/C12H18N2/c1-3-6-11(13-2)8-9-12-7-4-5-10-14-12/h3-5,7,10-11,13H,1,6,8-9H2,2H3. The molecule has 0 aliphatic rings. The molecule has 0 bridgehead atoms. The van der Waals surface area contributed by atoms with E-state index in [1.165, 1.54) is 0 Å². The van der Waals surface area contributed by atoms with E-state index in [2.05, 4.69) is 22.9 Å². The third kappa shape index (κ3) is 3.71. The van der Waals surface area contributed by atoms with Gasteiger partial charge in [-0.25, -0.2) is 0 Å². The Morgan fingerprint density at radius 1 is 1.57 bits per heavy atom. The molecule has 0 saturated heterocycles. The van der Waals surface area contributed by atoms with E-state index in [4.69, 9.17) is 0 Å². The van der Waals surface area contributed by atoms with Gasteiger partial charge in [-0.3, -0.25) is 4.98 Å². The number of nitrogens with zero attached hydrogens (tertiary/aromatic N) is 1. The zero-order chi connectivity index (χ0) is 10.2. The monoisotopic (exact) mass is 190 g/mol. The van der Waals surface area contributed by atoms with Gasteiger partial charge in [0.15, 0.2) is 0 Å². The second-order valence-electron chi connectivity index (χ2n) is 3.37. The van der Waals surface area contributed by atoms with Crippen molar-refractivity contribution in [3.63, 3.8) is 0 Å². The van der Waals surface area contributed by atoms with Crippen molar-refractivity contribution in [2.24, 2.45) is 0 Å². The summed E-state index contributed by atoms with van der Waals surface area (Å²) in [5.41, 5.74) is 1.16. The van der Waals surface area contributed by atoms with Crippen LogP contribution in [-0.2, 0) is 6.42 Å². The number of pyridine rings is 1. The number of hydrogen-bond donors (Lipinski definition) is 1. The second-order valence-corrected chi connectivity index (χ2v) is 3.37. The number of aromatic nitrogens is 1. The lowest BCUT2D eigenvalue weighted by Crippen LogP contribution is -2.25. The van der Waals surface area contributed by atoms with Gasteiger partial charge in [0.25, 0.3) is 0 Å². The SMILES string of the molecule is C=CCC(CCc1ccccn1)NC. The van der Waals surface area contributed by atoms with Gasteiger partial charge in [-0.1, -0.05) is 12.1 Å². The summed E-state index contributed by atoms with van der Waals surface area (Å²) >= 11 is 0. The van der Waals surface area contributed by atoms with E-state index in [1.807, 2.05) is 31.5 Å². The van der Waals surface area contributed by atoms with Gasteiger partial charge in [0, 0.05) is 17.9 Å². The van der Waals surface area contributed by atoms with E-state index in [0.717, 1.165) is 25.0 Å². The molecule has 1 N–H and O–H groups in total. The minimum Gasteiger partial charge on any atom is -0.317 e. The van der Waals surface area contributed by atoms with Crippen molar-refractivity contribution >= 4 is 0 Å². The number of nitrogens with one attached hydrogen (secondary N) is 1. The Bertz CT molecular complexity index is 256. The zero-order valence-corrected chi connectivity index (χ0v) is 8.74. The fourth-order valence-corrected chi connectivity index (χ4v) is 1.45. The molecule has 1 heterocycles. The first-order valence-electron chi connectivity index (χ1n) is 5.05. The lowest BCUT2D eigenvalue weighted by molar-refractivity contribution is 0.525. The molecular weight excluding hydrogens is 172 g/mol. The van der Waals surface area contributed by atoms with Crippen LogP contribution in [-0.4, -0.2) is 18.1 Å². The van der Waals surface area contributed by atoms with Crippen molar-refractivity contribution in [3.05, 3.63) is 42.7 Å². The maximum Gasteiger partial charge on any atom is 0.0404 e. The van der Waals surface area contributed by atoms with Gasteiger partial charge in [-0.2, -0.15) is 0 Å². The molecule has 1 rings (SSSR count). The average Bonchev–Trinajstić information content (AvgIpc) is 2.25. The molecule has 1 unspecified atom stereocenters. The summed E-state index contributed by atoms with van der Waals surface area (Å²) in [5, 5.41) is 3.27. The summed E-state index contributed by atoms with van der Waals surface area (Å²) in [4.78, 5) is 4.29. The fraction of sp³-hybridized carbons (Fsp3) is 0.417. The van der Waals surface area contributed by atoms with Crippen molar-refractivity contribution < 1.29 is 0 Å². The molecule has 0 fully saturated rings. The van der Waals surface area contributed by atoms with Crippen LogP contribution in [0.4, 0.5) is 0 Å². The molecule has 0 aliphatic heterocycles. The number of hydrogen-bond acceptors (Lipinski definition) is 2. The van der Waals surface area contributed by atoms with Crippen LogP contribution in [0.25, 0.3) is 0 Å². The lowest BCUT2D eigenvalue weighted by Gasteiger charge is -2.13. The highest BCUT2D eigenvalue weighted by Crippen LogP contribution is 2.04. The van der Waals surface area contributed by atoms with E-state index in [1.54, 1.807) is 0 Å². The van der Waals surface area contributed by atoms with Crippen LogP contribution in [0.2, 0.25) is 0 Å². The predicted molar refractivity (Wildman–Crippen MR) is 60.2 cm³/mol. The second kappa shape index (κ2) is 6.33. The summed E-state index contributed by atoms with van der Waals surface area (Å²) in [7, 11) is 1.99. The Balaban J connectivity index is 2.35. The van der Waals surface area contributed by atoms with Crippen LogP contribution in [0.5, 0.6) is 0 Å². The zero-order valence-electron chi connectivity index (χ0n) is 8.74. The van der Waals surface area contributed by atoms with Gasteiger partial charge in [-0.05, 0) is 38.4 Å². The fourth-order valence-electron chi connectivity index (χ4n) is 1.45. The molecule has 1 aromatic rings. The van der Waals surface area contributed by atoms with Crippen molar-refractivity contribution in [2.75, 3.05) is 7.05 Å². The lowest BCUT2D eigenvalue weighted by atomic mass is 10.1. The normalized spacial score (nSPS) is 12.4. The van der Waals surface area contributed by atoms with Crippen molar-refractivity contribution in [1.82, 2.24) is 10.3 Å². The maximum absolute atomic E-state index is 4.29. The topological polar surface area (TPSA) is 24.9 Å². The molecule has 2 nitrogen and oxygen atoms in total. The van der Waals surface area contributed by atoms with E-state index >= 15 is 0 Å². The van der Waals surface area contributed by atoms with E-state index < -0.39 is 0 Å². The first-order valence-corrected chi connectivity index (χ1v) is 5.05. The van der Waals surface area contributed by atoms with Gasteiger partial charge >= 0.3 is 0 Å². The van der Waals surface area contributed by atoms with E-state index in [-0.39, 0.29) is 0 Å². The highest BCUT2D eigenvalue weighted by atomic mass is 14.9. The molecule has 76 valence electrons. The quantitative estimate of drug-likeness (QED) is 0.695. The molecule has 0 aromatic carbocycles. The molecule has 1 atom stereocenters. The van der Waals surface area contributed by atoms with Gasteiger partial charge in [0.05, 0.1) is 0 Å². The Morgan fingerprint density at radius 2 is 2.43 bits per heavy atom. The Hall–Kier alpha value is -1.15. The summed E-state index contributed by atoms with van der Waals surface area (Å²) in [6.07, 6.45) is 6.96. The Kier molecular flexibility index (Phi) is 4.94. The molecular formula is C12H18N2. The number of rotatable bonds is 6. The maximum atomic E-state index is 4.29. The van der Waals surface area contributed by atoms with Gasteiger partial charge in [-0.15, -0.1) is 6.58 Å². The summed E-state index contributed by atoms with van der Waals surface area (Å²) in [5.74, 6) is 0. The van der Waals surface area contributed by atoms with Gasteiger partial charge in [0.2, 0.25) is 0 Å². The first kappa shape index (κ1) is 10.9. The molecule has 0 amide bonds. The molecule has 14 heavy (non-hydrogen) atoms. The summed E-state index contributed by atoms with van der Waals surface area (Å²) < 4.78 is 0. The summed E-state index contributed by atoms with van der Waals surface area (Å²) in [6, 6.07) is 6.57. The predicted octanol–water partition coefficient (Wildman–Crippen LogP) is 2.18. The van der Waals surface area contributed by atoms with Crippen LogP contribution in [0.3, 0.4) is 0 Å². The molecule has 2 heteroatoms. The molecule has 0 aliphatic carbocycles.